The minimum Gasteiger partial charge on any atom is -0.508 e. The molecular formula is C46H73N11O11S2. The average Bonchev–Trinajstić information content (AvgIpc) is 3.78. The predicted octanol–water partition coefficient (Wildman–Crippen LogP) is -1.05. The highest BCUT2D eigenvalue weighted by Gasteiger charge is 2.42. The quantitative estimate of drug-likeness (QED) is 0.0881. The van der Waals surface area contributed by atoms with Crippen LogP contribution in [0.1, 0.15) is 99.5 Å². The van der Waals surface area contributed by atoms with Crippen LogP contribution in [0.25, 0.3) is 0 Å². The maximum absolute atomic E-state index is 14.7. The van der Waals surface area contributed by atoms with Crippen LogP contribution in [0.3, 0.4) is 0 Å². The molecule has 3 rings (SSSR count). The zero-order valence-corrected chi connectivity index (χ0v) is 42.9. The molecule has 2 aliphatic rings. The number of rotatable bonds is 16. The number of phenols is 1. The Hall–Kier alpha value is -5.62. The molecule has 2 fully saturated rings. The molecule has 1 aromatic rings. The van der Waals surface area contributed by atoms with E-state index >= 15 is 0 Å². The number of hydrogen-bond acceptors (Lipinski definition) is 14. The molecule has 24 heteroatoms. The minimum absolute atomic E-state index is 0.0219. The van der Waals surface area contributed by atoms with E-state index in [9.17, 15) is 53.1 Å². The summed E-state index contributed by atoms with van der Waals surface area (Å²) in [5.41, 5.74) is 18.0. The van der Waals surface area contributed by atoms with Crippen LogP contribution in [-0.4, -0.2) is 141 Å². The van der Waals surface area contributed by atoms with E-state index in [1.807, 2.05) is 13.8 Å². The van der Waals surface area contributed by atoms with E-state index in [0.717, 1.165) is 21.6 Å². The number of benzene rings is 1. The lowest BCUT2D eigenvalue weighted by Crippen LogP contribution is -2.62. The zero-order chi connectivity index (χ0) is 52.6. The lowest BCUT2D eigenvalue weighted by molar-refractivity contribution is -0.142. The molecule has 2 aliphatic heterocycles. The second-order valence-corrected chi connectivity index (χ2v) is 22.3. The third-order valence-corrected chi connectivity index (χ3v) is 15.3. The maximum Gasteiger partial charge on any atom is 0.246 e. The number of carbonyl (C=O) groups is 10. The monoisotopic (exact) mass is 1020 g/mol. The van der Waals surface area contributed by atoms with E-state index in [4.69, 9.17) is 17.2 Å². The predicted molar refractivity (Wildman–Crippen MR) is 265 cm³/mol. The highest BCUT2D eigenvalue weighted by Crippen LogP contribution is 2.38. The fourth-order valence-corrected chi connectivity index (χ4v) is 10.6. The van der Waals surface area contributed by atoms with Crippen LogP contribution >= 0.6 is 21.6 Å². The van der Waals surface area contributed by atoms with Crippen LogP contribution in [0.5, 0.6) is 5.75 Å². The molecule has 0 aromatic heterocycles. The van der Waals surface area contributed by atoms with E-state index in [0.29, 0.717) is 18.4 Å². The summed E-state index contributed by atoms with van der Waals surface area (Å²) >= 11 is 0. The zero-order valence-electron chi connectivity index (χ0n) is 41.3. The fourth-order valence-electron chi connectivity index (χ4n) is 7.78. The number of aromatic hydroxyl groups is 1. The van der Waals surface area contributed by atoms with Crippen molar-refractivity contribution in [2.24, 2.45) is 35.0 Å². The van der Waals surface area contributed by atoms with Crippen molar-refractivity contribution in [3.8, 4) is 5.75 Å². The molecule has 1 aromatic carbocycles. The van der Waals surface area contributed by atoms with Crippen molar-refractivity contribution >= 4 is 80.7 Å². The molecule has 1 unspecified atom stereocenters. The Balaban J connectivity index is 2.10. The van der Waals surface area contributed by atoms with Gasteiger partial charge in [0.05, 0.1) is 19.0 Å². The Labute approximate surface area is 417 Å². The van der Waals surface area contributed by atoms with Crippen molar-refractivity contribution in [3.05, 3.63) is 29.8 Å². The summed E-state index contributed by atoms with van der Waals surface area (Å²) in [5.74, 6) is -8.82. The van der Waals surface area contributed by atoms with Crippen molar-refractivity contribution in [2.45, 2.75) is 153 Å². The van der Waals surface area contributed by atoms with Gasteiger partial charge in [-0.2, -0.15) is 0 Å². The van der Waals surface area contributed by atoms with Gasteiger partial charge in [-0.3, -0.25) is 47.9 Å². The van der Waals surface area contributed by atoms with E-state index in [-0.39, 0.29) is 55.6 Å². The van der Waals surface area contributed by atoms with Gasteiger partial charge in [0.25, 0.3) is 0 Å². The largest absolute Gasteiger partial charge is 0.508 e. The van der Waals surface area contributed by atoms with Crippen LogP contribution in [0.15, 0.2) is 24.3 Å². The molecule has 14 N–H and O–H groups in total. The van der Waals surface area contributed by atoms with Gasteiger partial charge < -0.3 is 64.4 Å². The van der Waals surface area contributed by atoms with Crippen LogP contribution in [0, 0.1) is 17.8 Å². The SMILES string of the molecule is CC[C@H](C)C1NC(=O)[C@H](Cc2ccc(O)cc2)NC(=O)[C@@H](N)C(C)(C)SSC[C@@H](C(=O)N2CCC[C@H]2C(=O)N[C@@H](CC(C)C)C(=O)NCC(N)=O)NC(=O)[C@H](CC(N)=O)NC(=O)[C@H](CC(C)C)NC1=O. The standard InChI is InChI=1S/C46H73N11O11S2/c1-9-25(6)36-43(66)53-29(18-24(4)5)39(62)51-31(20-34(47)59)40(63)55-32(45(68)57-16-10-11-33(57)42(65)52-28(17-23(2)3)38(61)50-21-35(48)60)22-69-70-46(7,8)37(49)44(67)54-30(41(64)56-36)19-26-12-14-27(58)15-13-26/h12-15,23-25,28-33,36-37,58H,9-11,16-22,49H2,1-8H3,(H2,47,59)(H2,48,60)(H,50,61)(H,51,62)(H,52,65)(H,53,66)(H,54,67)(H,55,63)(H,56,64)/t25-,28-,29-,30-,31-,32-,33-,36?,37+/m0/s1. The Morgan fingerprint density at radius 2 is 1.41 bits per heavy atom. The first-order chi connectivity index (χ1) is 32.7. The Kier molecular flexibility index (Phi) is 22.7. The lowest BCUT2D eigenvalue weighted by atomic mass is 9.95. The summed E-state index contributed by atoms with van der Waals surface area (Å²) in [6.45, 7) is 13.7. The van der Waals surface area contributed by atoms with Gasteiger partial charge in [-0.25, -0.2) is 0 Å². The molecule has 2 saturated heterocycles. The number of hydrogen-bond donors (Lipinski definition) is 11. The van der Waals surface area contributed by atoms with E-state index < -0.39 is 131 Å². The smallest absolute Gasteiger partial charge is 0.246 e. The van der Waals surface area contributed by atoms with Crippen molar-refractivity contribution in [1.82, 2.24) is 42.1 Å². The molecule has 0 radical (unpaired) electrons. The molecule has 0 bridgehead atoms. The summed E-state index contributed by atoms with van der Waals surface area (Å²) < 4.78 is -1.13. The second kappa shape index (κ2) is 27.1. The Morgan fingerprint density at radius 1 is 0.814 bits per heavy atom. The number of primary amides is 2. The van der Waals surface area contributed by atoms with Crippen LogP contribution in [0.2, 0.25) is 0 Å². The van der Waals surface area contributed by atoms with Gasteiger partial charge in [-0.15, -0.1) is 0 Å². The molecular weight excluding hydrogens is 947 g/mol. The summed E-state index contributed by atoms with van der Waals surface area (Å²) in [7, 11) is 2.16. The first-order valence-electron chi connectivity index (χ1n) is 23.6. The summed E-state index contributed by atoms with van der Waals surface area (Å²) in [5, 5.41) is 28.5. The third-order valence-electron chi connectivity index (χ3n) is 12.0. The lowest BCUT2D eigenvalue weighted by Gasteiger charge is -2.33. The van der Waals surface area contributed by atoms with Crippen LogP contribution < -0.4 is 54.4 Å². The van der Waals surface area contributed by atoms with E-state index in [1.165, 1.54) is 17.0 Å². The van der Waals surface area contributed by atoms with Crippen LogP contribution in [-0.2, 0) is 54.4 Å². The second-order valence-electron chi connectivity index (χ2n) is 19.3. The number of nitrogens with zero attached hydrogens (tertiary/aromatic N) is 1. The number of phenolic OH excluding ortho intramolecular Hbond substituents is 1. The van der Waals surface area contributed by atoms with Gasteiger partial charge in [0.15, 0.2) is 0 Å². The van der Waals surface area contributed by atoms with Gasteiger partial charge in [-0.05, 0) is 75.0 Å². The Bertz CT molecular complexity index is 2060. The topological polar surface area (TPSA) is 356 Å². The average molecular weight is 1020 g/mol. The molecule has 0 aliphatic carbocycles. The highest BCUT2D eigenvalue weighted by molar-refractivity contribution is 8.77. The maximum atomic E-state index is 14.7. The van der Waals surface area contributed by atoms with Gasteiger partial charge in [-0.1, -0.05) is 81.7 Å². The van der Waals surface area contributed by atoms with Crippen molar-refractivity contribution in [1.29, 1.82) is 0 Å². The number of amides is 10. The summed E-state index contributed by atoms with van der Waals surface area (Å²) in [6, 6.07) is -4.35. The molecule has 2 heterocycles. The van der Waals surface area contributed by atoms with E-state index in [1.54, 1.807) is 53.7 Å². The van der Waals surface area contributed by atoms with E-state index in [2.05, 4.69) is 37.2 Å². The number of likely N-dealkylation sites (tertiary alicyclic amines) is 1. The van der Waals surface area contributed by atoms with Gasteiger partial charge >= 0.3 is 0 Å². The van der Waals surface area contributed by atoms with Crippen molar-refractivity contribution in [2.75, 3.05) is 18.8 Å². The molecule has 0 spiro atoms. The summed E-state index contributed by atoms with van der Waals surface area (Å²) in [6.07, 6.45) is 0.438. The van der Waals surface area contributed by atoms with Crippen LogP contribution in [0.4, 0.5) is 0 Å². The molecule has 22 nitrogen and oxygen atoms in total. The summed E-state index contributed by atoms with van der Waals surface area (Å²) in [4.78, 5) is 138. The molecule has 70 heavy (non-hydrogen) atoms. The molecule has 9 atom stereocenters. The number of nitrogens with one attached hydrogen (secondary N) is 7. The Morgan fingerprint density at radius 3 is 2.00 bits per heavy atom. The first kappa shape index (κ1) is 58.7. The first-order valence-corrected chi connectivity index (χ1v) is 25.9. The molecule has 10 amide bonds. The molecule has 0 saturated carbocycles. The highest BCUT2D eigenvalue weighted by atomic mass is 33.1. The fraction of sp³-hybridized carbons (Fsp3) is 0.652. The third kappa shape index (κ3) is 18.0. The minimum atomic E-state index is -1.65. The van der Waals surface area contributed by atoms with Gasteiger partial charge in [0.1, 0.15) is 48.0 Å². The molecule has 390 valence electrons. The van der Waals surface area contributed by atoms with Crippen molar-refractivity contribution in [3.63, 3.8) is 0 Å². The number of nitrogens with two attached hydrogens (primary N) is 3. The van der Waals surface area contributed by atoms with Crippen molar-refractivity contribution < 1.29 is 53.1 Å². The van der Waals surface area contributed by atoms with Gasteiger partial charge in [0, 0.05) is 23.5 Å². The van der Waals surface area contributed by atoms with Gasteiger partial charge in [0.2, 0.25) is 59.1 Å². The number of carbonyl (C=O) groups excluding carboxylic acids is 10. The normalized spacial score (nSPS) is 25.0.